The molecule has 0 saturated carbocycles. The quantitative estimate of drug-likeness (QED) is 0.651. The summed E-state index contributed by atoms with van der Waals surface area (Å²) in [6.45, 7) is 8.01. The van der Waals surface area contributed by atoms with E-state index < -0.39 is 0 Å². The molecule has 1 fully saturated rings. The van der Waals surface area contributed by atoms with Gasteiger partial charge in [-0.05, 0) is 64.8 Å². The highest BCUT2D eigenvalue weighted by atomic mass is 15.1. The van der Waals surface area contributed by atoms with Crippen LogP contribution in [-0.4, -0.2) is 43.7 Å². The number of rotatable bonds is 6. The molecule has 1 unspecified atom stereocenters. The van der Waals surface area contributed by atoms with E-state index in [-0.39, 0.29) is 0 Å². The van der Waals surface area contributed by atoms with Crippen LogP contribution in [0.1, 0.15) is 39.0 Å². The monoisotopic (exact) mass is 213 g/mol. The van der Waals surface area contributed by atoms with Gasteiger partial charge in [-0.15, -0.1) is 0 Å². The molecule has 3 heteroatoms. The van der Waals surface area contributed by atoms with Crippen molar-refractivity contribution in [1.82, 2.24) is 10.2 Å². The van der Waals surface area contributed by atoms with Gasteiger partial charge in [0.25, 0.3) is 0 Å². The summed E-state index contributed by atoms with van der Waals surface area (Å²) in [5.41, 5.74) is 5.49. The molecular formula is C12H27N3. The Balaban J connectivity index is 2.14. The van der Waals surface area contributed by atoms with Crippen molar-refractivity contribution in [2.24, 2.45) is 5.73 Å². The molecule has 15 heavy (non-hydrogen) atoms. The average molecular weight is 213 g/mol. The fourth-order valence-electron chi connectivity index (χ4n) is 2.31. The fourth-order valence-corrected chi connectivity index (χ4v) is 2.31. The van der Waals surface area contributed by atoms with Crippen LogP contribution in [0, 0.1) is 0 Å². The van der Waals surface area contributed by atoms with E-state index in [0.29, 0.717) is 0 Å². The topological polar surface area (TPSA) is 41.3 Å². The first kappa shape index (κ1) is 12.9. The molecule has 1 saturated heterocycles. The number of hydrogen-bond donors (Lipinski definition) is 2. The highest BCUT2D eigenvalue weighted by Crippen LogP contribution is 2.11. The van der Waals surface area contributed by atoms with Crippen molar-refractivity contribution in [3.8, 4) is 0 Å². The summed E-state index contributed by atoms with van der Waals surface area (Å²) < 4.78 is 0. The van der Waals surface area contributed by atoms with Crippen molar-refractivity contribution in [2.75, 3.05) is 32.7 Å². The van der Waals surface area contributed by atoms with E-state index in [9.17, 15) is 0 Å². The number of likely N-dealkylation sites (tertiary alicyclic amines) is 1. The van der Waals surface area contributed by atoms with Gasteiger partial charge >= 0.3 is 0 Å². The molecule has 0 bridgehead atoms. The van der Waals surface area contributed by atoms with Crippen LogP contribution in [0.25, 0.3) is 0 Å². The standard InChI is InChI=1S/C12H27N3/c1-2-9-15-10-3-5-12(6-11-15)14-8-4-7-13/h12,14H,2-11,13H2,1H3. The van der Waals surface area contributed by atoms with Crippen molar-refractivity contribution in [2.45, 2.75) is 45.1 Å². The molecule has 3 N–H and O–H groups in total. The van der Waals surface area contributed by atoms with Crippen LogP contribution >= 0.6 is 0 Å². The maximum Gasteiger partial charge on any atom is 0.00797 e. The van der Waals surface area contributed by atoms with E-state index >= 15 is 0 Å². The van der Waals surface area contributed by atoms with Crippen LogP contribution in [0.4, 0.5) is 0 Å². The minimum Gasteiger partial charge on any atom is -0.330 e. The van der Waals surface area contributed by atoms with Crippen LogP contribution in [0.3, 0.4) is 0 Å². The lowest BCUT2D eigenvalue weighted by Crippen LogP contribution is -2.32. The highest BCUT2D eigenvalue weighted by molar-refractivity contribution is 4.74. The van der Waals surface area contributed by atoms with Crippen molar-refractivity contribution in [1.29, 1.82) is 0 Å². The molecule has 90 valence electrons. The molecule has 1 rings (SSSR count). The average Bonchev–Trinajstić information content (AvgIpc) is 2.45. The zero-order valence-electron chi connectivity index (χ0n) is 10.2. The molecule has 0 aromatic carbocycles. The SMILES string of the molecule is CCCN1CCCC(NCCCN)CC1. The number of nitrogens with zero attached hydrogens (tertiary/aromatic N) is 1. The summed E-state index contributed by atoms with van der Waals surface area (Å²) in [6, 6.07) is 0.735. The number of nitrogens with one attached hydrogen (secondary N) is 1. The Morgan fingerprint density at radius 3 is 2.93 bits per heavy atom. The minimum atomic E-state index is 0.735. The minimum absolute atomic E-state index is 0.735. The van der Waals surface area contributed by atoms with Gasteiger partial charge in [0.05, 0.1) is 0 Å². The third kappa shape index (κ3) is 5.50. The Hall–Kier alpha value is -0.120. The van der Waals surface area contributed by atoms with Crippen LogP contribution in [0.5, 0.6) is 0 Å². The third-order valence-electron chi connectivity index (χ3n) is 3.17. The van der Waals surface area contributed by atoms with E-state index in [2.05, 4.69) is 17.1 Å². The van der Waals surface area contributed by atoms with E-state index in [1.807, 2.05) is 0 Å². The molecule has 0 aromatic rings. The molecule has 1 aliphatic heterocycles. The lowest BCUT2D eigenvalue weighted by atomic mass is 10.1. The van der Waals surface area contributed by atoms with E-state index in [0.717, 1.165) is 25.6 Å². The molecular weight excluding hydrogens is 186 g/mol. The van der Waals surface area contributed by atoms with Gasteiger partial charge in [0.1, 0.15) is 0 Å². The molecule has 0 spiro atoms. The van der Waals surface area contributed by atoms with Crippen molar-refractivity contribution in [3.63, 3.8) is 0 Å². The summed E-state index contributed by atoms with van der Waals surface area (Å²) in [5.74, 6) is 0. The number of nitrogens with two attached hydrogens (primary N) is 1. The van der Waals surface area contributed by atoms with Gasteiger partial charge in [0, 0.05) is 6.04 Å². The molecule has 0 amide bonds. The van der Waals surface area contributed by atoms with E-state index in [4.69, 9.17) is 5.73 Å². The summed E-state index contributed by atoms with van der Waals surface area (Å²) in [5, 5.41) is 3.62. The van der Waals surface area contributed by atoms with Crippen molar-refractivity contribution in [3.05, 3.63) is 0 Å². The first-order valence-electron chi connectivity index (χ1n) is 6.52. The maximum atomic E-state index is 5.49. The van der Waals surface area contributed by atoms with Gasteiger partial charge in [-0.25, -0.2) is 0 Å². The van der Waals surface area contributed by atoms with Gasteiger partial charge in [0.15, 0.2) is 0 Å². The Kier molecular flexibility index (Phi) is 6.98. The van der Waals surface area contributed by atoms with Crippen LogP contribution in [-0.2, 0) is 0 Å². The highest BCUT2D eigenvalue weighted by Gasteiger charge is 2.15. The van der Waals surface area contributed by atoms with Crippen LogP contribution in [0.15, 0.2) is 0 Å². The Morgan fingerprint density at radius 1 is 1.33 bits per heavy atom. The van der Waals surface area contributed by atoms with Gasteiger partial charge in [0.2, 0.25) is 0 Å². The van der Waals surface area contributed by atoms with Crippen molar-refractivity contribution >= 4 is 0 Å². The Morgan fingerprint density at radius 2 is 2.20 bits per heavy atom. The zero-order chi connectivity index (χ0) is 10.9. The van der Waals surface area contributed by atoms with Gasteiger partial charge in [-0.2, -0.15) is 0 Å². The van der Waals surface area contributed by atoms with E-state index in [1.165, 1.54) is 45.3 Å². The summed E-state index contributed by atoms with van der Waals surface area (Å²) >= 11 is 0. The van der Waals surface area contributed by atoms with Gasteiger partial charge in [-0.1, -0.05) is 6.92 Å². The fraction of sp³-hybridized carbons (Fsp3) is 1.00. The summed E-state index contributed by atoms with van der Waals surface area (Å²) in [6.07, 6.45) is 6.39. The summed E-state index contributed by atoms with van der Waals surface area (Å²) in [4.78, 5) is 2.60. The Labute approximate surface area is 94.4 Å². The molecule has 1 heterocycles. The van der Waals surface area contributed by atoms with Gasteiger partial charge < -0.3 is 16.0 Å². The van der Waals surface area contributed by atoms with E-state index in [1.54, 1.807) is 0 Å². The van der Waals surface area contributed by atoms with Crippen LogP contribution in [0.2, 0.25) is 0 Å². The lowest BCUT2D eigenvalue weighted by molar-refractivity contribution is 0.282. The van der Waals surface area contributed by atoms with Crippen LogP contribution < -0.4 is 11.1 Å². The third-order valence-corrected chi connectivity index (χ3v) is 3.17. The smallest absolute Gasteiger partial charge is 0.00797 e. The molecule has 0 aliphatic carbocycles. The maximum absolute atomic E-state index is 5.49. The molecule has 1 atom stereocenters. The predicted molar refractivity (Wildman–Crippen MR) is 66.0 cm³/mol. The molecule has 3 nitrogen and oxygen atoms in total. The molecule has 0 radical (unpaired) electrons. The summed E-state index contributed by atoms with van der Waals surface area (Å²) in [7, 11) is 0. The van der Waals surface area contributed by atoms with Crippen molar-refractivity contribution < 1.29 is 0 Å². The number of hydrogen-bond acceptors (Lipinski definition) is 3. The molecule has 1 aliphatic rings. The first-order chi connectivity index (χ1) is 7.36. The second-order valence-electron chi connectivity index (χ2n) is 4.57. The lowest BCUT2D eigenvalue weighted by Gasteiger charge is -2.19. The van der Waals surface area contributed by atoms with Gasteiger partial charge in [-0.3, -0.25) is 0 Å². The second kappa shape index (κ2) is 8.08. The second-order valence-corrected chi connectivity index (χ2v) is 4.57. The Bertz CT molecular complexity index is 150. The first-order valence-corrected chi connectivity index (χ1v) is 6.52. The largest absolute Gasteiger partial charge is 0.330 e. The normalized spacial score (nSPS) is 24.0. The predicted octanol–water partition coefficient (Wildman–Crippen LogP) is 1.19. The zero-order valence-corrected chi connectivity index (χ0v) is 10.2. The molecule has 0 aromatic heterocycles.